The molecule has 15 heavy (non-hydrogen) atoms. The first-order valence-electron chi connectivity index (χ1n) is 6.91. The van der Waals surface area contributed by atoms with Crippen molar-refractivity contribution in [3.05, 3.63) is 0 Å². The number of rotatable bonds is 5. The molecule has 0 spiro atoms. The van der Waals surface area contributed by atoms with Crippen LogP contribution in [0.4, 0.5) is 0 Å². The Hall–Kier alpha value is -0.0400. The molecule has 0 saturated heterocycles. The Morgan fingerprint density at radius 3 is 2.40 bits per heavy atom. The van der Waals surface area contributed by atoms with Crippen molar-refractivity contribution in [3.63, 3.8) is 0 Å². The molecule has 1 saturated carbocycles. The molecule has 1 aliphatic carbocycles. The smallest absolute Gasteiger partial charge is 0.0100 e. The topological polar surface area (TPSA) is 12.0 Å². The molecular weight excluding hydrogens is 182 g/mol. The first-order valence-corrected chi connectivity index (χ1v) is 6.91. The van der Waals surface area contributed by atoms with Gasteiger partial charge in [-0.1, -0.05) is 40.0 Å². The van der Waals surface area contributed by atoms with Crippen LogP contribution in [-0.2, 0) is 0 Å². The Balaban J connectivity index is 2.42. The average molecular weight is 211 g/mol. The summed E-state index contributed by atoms with van der Waals surface area (Å²) in [4.78, 5) is 0. The van der Waals surface area contributed by atoms with E-state index in [2.05, 4.69) is 33.0 Å². The fourth-order valence-electron chi connectivity index (χ4n) is 3.05. The van der Waals surface area contributed by atoms with Crippen molar-refractivity contribution in [2.45, 2.75) is 78.3 Å². The van der Waals surface area contributed by atoms with Gasteiger partial charge in [-0.2, -0.15) is 0 Å². The van der Waals surface area contributed by atoms with Crippen LogP contribution in [0.2, 0.25) is 0 Å². The highest BCUT2D eigenvalue weighted by atomic mass is 15.0. The van der Waals surface area contributed by atoms with Gasteiger partial charge in [0.1, 0.15) is 0 Å². The van der Waals surface area contributed by atoms with Crippen molar-refractivity contribution < 1.29 is 0 Å². The minimum absolute atomic E-state index is 0.708. The predicted molar refractivity (Wildman–Crippen MR) is 68.1 cm³/mol. The van der Waals surface area contributed by atoms with Gasteiger partial charge in [0.15, 0.2) is 0 Å². The highest BCUT2D eigenvalue weighted by molar-refractivity contribution is 4.84. The third-order valence-corrected chi connectivity index (χ3v) is 3.90. The van der Waals surface area contributed by atoms with Crippen LogP contribution >= 0.6 is 0 Å². The Bertz CT molecular complexity index is 165. The maximum Gasteiger partial charge on any atom is 0.0100 e. The largest absolute Gasteiger partial charge is 0.311 e. The van der Waals surface area contributed by atoms with Gasteiger partial charge in [-0.25, -0.2) is 0 Å². The maximum absolute atomic E-state index is 3.85. The lowest BCUT2D eigenvalue weighted by Crippen LogP contribution is -2.44. The molecular formula is C14H29N. The number of nitrogens with one attached hydrogen (secondary N) is 1. The summed E-state index contributed by atoms with van der Waals surface area (Å²) in [5.74, 6) is 1.76. The first kappa shape index (κ1) is 13.0. The molecule has 1 heteroatoms. The van der Waals surface area contributed by atoms with Crippen LogP contribution in [0.3, 0.4) is 0 Å². The van der Waals surface area contributed by atoms with E-state index in [1.807, 2.05) is 0 Å². The van der Waals surface area contributed by atoms with E-state index >= 15 is 0 Å². The third-order valence-electron chi connectivity index (χ3n) is 3.90. The summed E-state index contributed by atoms with van der Waals surface area (Å²) in [6.07, 6.45) is 8.34. The zero-order valence-corrected chi connectivity index (χ0v) is 11.1. The molecule has 3 unspecified atom stereocenters. The van der Waals surface area contributed by atoms with Crippen molar-refractivity contribution in [3.8, 4) is 0 Å². The molecule has 90 valence electrons. The fraction of sp³-hybridized carbons (Fsp3) is 1.00. The Morgan fingerprint density at radius 2 is 1.80 bits per heavy atom. The molecule has 0 bridgehead atoms. The summed E-state index contributed by atoms with van der Waals surface area (Å²) in [5.41, 5.74) is 0. The highest BCUT2D eigenvalue weighted by Gasteiger charge is 2.27. The van der Waals surface area contributed by atoms with Crippen molar-refractivity contribution in [2.75, 3.05) is 0 Å². The van der Waals surface area contributed by atoms with Gasteiger partial charge < -0.3 is 5.32 Å². The lowest BCUT2D eigenvalue weighted by atomic mass is 9.77. The second-order valence-corrected chi connectivity index (χ2v) is 5.66. The molecule has 1 rings (SSSR count). The second kappa shape index (κ2) is 6.52. The van der Waals surface area contributed by atoms with Gasteiger partial charge in [-0.15, -0.1) is 0 Å². The zero-order valence-electron chi connectivity index (χ0n) is 11.1. The molecule has 3 atom stereocenters. The maximum atomic E-state index is 3.85. The van der Waals surface area contributed by atoms with E-state index in [-0.39, 0.29) is 0 Å². The van der Waals surface area contributed by atoms with Crippen molar-refractivity contribution in [1.29, 1.82) is 0 Å². The van der Waals surface area contributed by atoms with E-state index in [9.17, 15) is 0 Å². The molecule has 0 aliphatic heterocycles. The van der Waals surface area contributed by atoms with Gasteiger partial charge >= 0.3 is 0 Å². The van der Waals surface area contributed by atoms with E-state index in [1.54, 1.807) is 0 Å². The van der Waals surface area contributed by atoms with Gasteiger partial charge in [0.25, 0.3) is 0 Å². The Kier molecular flexibility index (Phi) is 5.66. The van der Waals surface area contributed by atoms with Crippen LogP contribution in [0, 0.1) is 11.8 Å². The van der Waals surface area contributed by atoms with Crippen LogP contribution in [0.15, 0.2) is 0 Å². The standard InChI is InChI=1S/C14H29N/c1-5-8-12(4)15-14-10-7-6-9-13(14)11(2)3/h11-15H,5-10H2,1-4H3. The molecule has 0 aromatic rings. The normalized spacial score (nSPS) is 29.4. The van der Waals surface area contributed by atoms with Crippen LogP contribution in [0.1, 0.15) is 66.2 Å². The summed E-state index contributed by atoms with van der Waals surface area (Å²) in [7, 11) is 0. The van der Waals surface area contributed by atoms with Gasteiger partial charge in [0.05, 0.1) is 0 Å². The third kappa shape index (κ3) is 4.14. The summed E-state index contributed by atoms with van der Waals surface area (Å²) >= 11 is 0. The van der Waals surface area contributed by atoms with E-state index in [0.29, 0.717) is 6.04 Å². The molecule has 0 aromatic heterocycles. The van der Waals surface area contributed by atoms with E-state index < -0.39 is 0 Å². The summed E-state index contributed by atoms with van der Waals surface area (Å²) in [6.45, 7) is 9.39. The highest BCUT2D eigenvalue weighted by Crippen LogP contribution is 2.30. The zero-order chi connectivity index (χ0) is 11.3. The fourth-order valence-corrected chi connectivity index (χ4v) is 3.05. The molecule has 1 aliphatic rings. The van der Waals surface area contributed by atoms with E-state index in [1.165, 1.54) is 38.5 Å². The van der Waals surface area contributed by atoms with Crippen LogP contribution in [-0.4, -0.2) is 12.1 Å². The minimum atomic E-state index is 0.708. The minimum Gasteiger partial charge on any atom is -0.311 e. The van der Waals surface area contributed by atoms with Gasteiger partial charge in [0, 0.05) is 12.1 Å². The van der Waals surface area contributed by atoms with E-state index in [4.69, 9.17) is 0 Å². The first-order chi connectivity index (χ1) is 7.15. The molecule has 1 N–H and O–H groups in total. The van der Waals surface area contributed by atoms with Gasteiger partial charge in [0.2, 0.25) is 0 Å². The average Bonchev–Trinajstić information content (AvgIpc) is 2.18. The van der Waals surface area contributed by atoms with Crippen molar-refractivity contribution >= 4 is 0 Å². The lowest BCUT2D eigenvalue weighted by Gasteiger charge is -2.36. The Morgan fingerprint density at radius 1 is 1.13 bits per heavy atom. The molecule has 0 heterocycles. The summed E-state index contributed by atoms with van der Waals surface area (Å²) in [6, 6.07) is 1.50. The molecule has 1 fully saturated rings. The van der Waals surface area contributed by atoms with Crippen molar-refractivity contribution in [1.82, 2.24) is 5.32 Å². The van der Waals surface area contributed by atoms with Gasteiger partial charge in [-0.3, -0.25) is 0 Å². The second-order valence-electron chi connectivity index (χ2n) is 5.66. The summed E-state index contributed by atoms with van der Waals surface area (Å²) in [5, 5.41) is 3.85. The molecule has 0 aromatic carbocycles. The molecule has 1 nitrogen and oxygen atoms in total. The van der Waals surface area contributed by atoms with Crippen LogP contribution < -0.4 is 5.32 Å². The quantitative estimate of drug-likeness (QED) is 0.725. The number of hydrogen-bond donors (Lipinski definition) is 1. The van der Waals surface area contributed by atoms with Crippen LogP contribution in [0.25, 0.3) is 0 Å². The predicted octanol–water partition coefficient (Wildman–Crippen LogP) is 3.98. The Labute approximate surface area is 96.0 Å². The van der Waals surface area contributed by atoms with Gasteiger partial charge in [-0.05, 0) is 38.0 Å². The lowest BCUT2D eigenvalue weighted by molar-refractivity contribution is 0.192. The van der Waals surface area contributed by atoms with Crippen LogP contribution in [0.5, 0.6) is 0 Å². The van der Waals surface area contributed by atoms with E-state index in [0.717, 1.165) is 17.9 Å². The molecule has 0 radical (unpaired) electrons. The molecule has 0 amide bonds. The number of hydrogen-bond acceptors (Lipinski definition) is 1. The SMILES string of the molecule is CCCC(C)NC1CCCCC1C(C)C. The van der Waals surface area contributed by atoms with Crippen molar-refractivity contribution in [2.24, 2.45) is 11.8 Å². The monoisotopic (exact) mass is 211 g/mol. The summed E-state index contributed by atoms with van der Waals surface area (Å²) < 4.78 is 0.